The molecule has 0 saturated carbocycles. The quantitative estimate of drug-likeness (QED) is 0.687. The number of hydrogen-bond donors (Lipinski definition) is 3. The third-order valence-corrected chi connectivity index (χ3v) is 2.94. The van der Waals surface area contributed by atoms with E-state index in [9.17, 15) is 14.4 Å². The van der Waals surface area contributed by atoms with Crippen molar-refractivity contribution in [1.29, 1.82) is 0 Å². The molecule has 0 spiro atoms. The number of carboxylic acids is 1. The fraction of sp³-hybridized carbons (Fsp3) is 0.273. The summed E-state index contributed by atoms with van der Waals surface area (Å²) in [7, 11) is 0. The summed E-state index contributed by atoms with van der Waals surface area (Å²) < 4.78 is 0. The fourth-order valence-electron chi connectivity index (χ4n) is 1.17. The van der Waals surface area contributed by atoms with E-state index in [1.807, 2.05) is 0 Å². The molecule has 0 fully saturated rings. The van der Waals surface area contributed by atoms with Gasteiger partial charge in [0.05, 0.1) is 11.3 Å². The van der Waals surface area contributed by atoms with Gasteiger partial charge in [0.1, 0.15) is 5.03 Å². The summed E-state index contributed by atoms with van der Waals surface area (Å²) in [6, 6.07) is 2.33. The molecule has 102 valence electrons. The highest BCUT2D eigenvalue weighted by molar-refractivity contribution is 8.00. The molecule has 3 amide bonds. The lowest BCUT2D eigenvalue weighted by Crippen LogP contribution is -2.40. The summed E-state index contributed by atoms with van der Waals surface area (Å²) in [6.07, 6.45) is 1.44. The van der Waals surface area contributed by atoms with Crippen LogP contribution in [-0.2, 0) is 4.79 Å². The zero-order valence-electron chi connectivity index (χ0n) is 10.2. The summed E-state index contributed by atoms with van der Waals surface area (Å²) in [5.41, 5.74) is 0.0262. The van der Waals surface area contributed by atoms with E-state index in [1.165, 1.54) is 18.3 Å². The lowest BCUT2D eigenvalue weighted by molar-refractivity contribution is -0.117. The van der Waals surface area contributed by atoms with Gasteiger partial charge in [0.25, 0.3) is 0 Å². The molecule has 8 heteroatoms. The minimum atomic E-state index is -1.11. The van der Waals surface area contributed by atoms with Crippen molar-refractivity contribution in [2.45, 2.75) is 11.9 Å². The molecule has 0 aliphatic heterocycles. The van der Waals surface area contributed by atoms with Crippen LogP contribution in [-0.4, -0.2) is 40.3 Å². The molecule has 0 bridgehead atoms. The predicted octanol–water partition coefficient (Wildman–Crippen LogP) is 0.718. The van der Waals surface area contributed by atoms with E-state index in [0.29, 0.717) is 6.54 Å². The van der Waals surface area contributed by atoms with Gasteiger partial charge in [0.2, 0.25) is 5.91 Å². The standard InChI is InChI=1S/C11H13N3O4S/c1-2-12-11(18)14-8(15)6-19-9-7(10(16)17)4-3-5-13-9/h3-5H,2,6H2,1H3,(H,16,17)(H2,12,14,15,18). The van der Waals surface area contributed by atoms with E-state index in [2.05, 4.69) is 15.6 Å². The third kappa shape index (κ3) is 4.96. The summed E-state index contributed by atoms with van der Waals surface area (Å²) in [4.78, 5) is 37.3. The molecule has 0 aliphatic carbocycles. The van der Waals surface area contributed by atoms with Gasteiger partial charge in [-0.1, -0.05) is 11.8 Å². The first-order valence-corrected chi connectivity index (χ1v) is 6.42. The molecule has 0 aliphatic rings. The SMILES string of the molecule is CCNC(=O)NC(=O)CSc1ncccc1C(=O)O. The Morgan fingerprint density at radius 1 is 1.42 bits per heavy atom. The van der Waals surface area contributed by atoms with Gasteiger partial charge in [0.15, 0.2) is 0 Å². The van der Waals surface area contributed by atoms with Gasteiger partial charge in [-0.3, -0.25) is 10.1 Å². The normalized spacial score (nSPS) is 9.74. The topological polar surface area (TPSA) is 108 Å². The first-order chi connectivity index (χ1) is 9.04. The number of carbonyl (C=O) groups excluding carboxylic acids is 2. The van der Waals surface area contributed by atoms with E-state index in [4.69, 9.17) is 5.11 Å². The van der Waals surface area contributed by atoms with Crippen LogP contribution in [0.2, 0.25) is 0 Å². The van der Waals surface area contributed by atoms with E-state index in [-0.39, 0.29) is 16.3 Å². The molecule has 1 heterocycles. The Bertz CT molecular complexity index is 493. The summed E-state index contributed by atoms with van der Waals surface area (Å²) >= 11 is 0.960. The van der Waals surface area contributed by atoms with Gasteiger partial charge in [-0.05, 0) is 19.1 Å². The molecular weight excluding hydrogens is 270 g/mol. The van der Waals surface area contributed by atoms with Crippen LogP contribution in [0.25, 0.3) is 0 Å². The highest BCUT2D eigenvalue weighted by Crippen LogP contribution is 2.19. The van der Waals surface area contributed by atoms with Crippen LogP contribution in [0.1, 0.15) is 17.3 Å². The van der Waals surface area contributed by atoms with Crippen molar-refractivity contribution in [3.8, 4) is 0 Å². The Balaban J connectivity index is 2.55. The Morgan fingerprint density at radius 3 is 2.79 bits per heavy atom. The molecule has 1 rings (SSSR count). The molecular formula is C11H13N3O4S. The number of carbonyl (C=O) groups is 3. The maximum Gasteiger partial charge on any atom is 0.338 e. The van der Waals surface area contributed by atoms with Crippen molar-refractivity contribution >= 4 is 29.7 Å². The smallest absolute Gasteiger partial charge is 0.338 e. The zero-order valence-corrected chi connectivity index (χ0v) is 11.0. The number of imide groups is 1. The third-order valence-electron chi connectivity index (χ3n) is 1.93. The van der Waals surface area contributed by atoms with Gasteiger partial charge in [-0.15, -0.1) is 0 Å². The van der Waals surface area contributed by atoms with Crippen molar-refractivity contribution in [3.63, 3.8) is 0 Å². The van der Waals surface area contributed by atoms with Crippen molar-refractivity contribution < 1.29 is 19.5 Å². The van der Waals surface area contributed by atoms with Gasteiger partial charge in [0, 0.05) is 12.7 Å². The number of urea groups is 1. The minimum absolute atomic E-state index is 0.0262. The predicted molar refractivity (Wildman–Crippen MR) is 69.1 cm³/mol. The monoisotopic (exact) mass is 283 g/mol. The Labute approximate surface area is 113 Å². The number of nitrogens with one attached hydrogen (secondary N) is 2. The molecule has 7 nitrogen and oxygen atoms in total. The molecule has 19 heavy (non-hydrogen) atoms. The van der Waals surface area contributed by atoms with Gasteiger partial charge < -0.3 is 10.4 Å². The van der Waals surface area contributed by atoms with Crippen LogP contribution in [0.4, 0.5) is 4.79 Å². The molecule has 3 N–H and O–H groups in total. The number of thioether (sulfide) groups is 1. The minimum Gasteiger partial charge on any atom is -0.478 e. The first-order valence-electron chi connectivity index (χ1n) is 5.43. The van der Waals surface area contributed by atoms with Crippen LogP contribution in [0.3, 0.4) is 0 Å². The zero-order chi connectivity index (χ0) is 14.3. The number of amides is 3. The van der Waals surface area contributed by atoms with Crippen LogP contribution >= 0.6 is 11.8 Å². The molecule has 1 aromatic rings. The number of nitrogens with zero attached hydrogens (tertiary/aromatic N) is 1. The number of aromatic nitrogens is 1. The second-order valence-electron chi connectivity index (χ2n) is 3.36. The van der Waals surface area contributed by atoms with Gasteiger partial charge >= 0.3 is 12.0 Å². The number of hydrogen-bond acceptors (Lipinski definition) is 5. The van der Waals surface area contributed by atoms with E-state index in [0.717, 1.165) is 11.8 Å². The average molecular weight is 283 g/mol. The molecule has 0 saturated heterocycles. The molecule has 0 atom stereocenters. The molecule has 0 aromatic carbocycles. The van der Waals surface area contributed by atoms with E-state index in [1.54, 1.807) is 6.92 Å². The van der Waals surface area contributed by atoms with Crippen LogP contribution in [0, 0.1) is 0 Å². The summed E-state index contributed by atoms with van der Waals surface area (Å²) in [6.45, 7) is 2.14. The largest absolute Gasteiger partial charge is 0.478 e. The van der Waals surface area contributed by atoms with Crippen molar-refractivity contribution in [2.75, 3.05) is 12.3 Å². The van der Waals surface area contributed by atoms with E-state index >= 15 is 0 Å². The number of rotatable bonds is 5. The second-order valence-corrected chi connectivity index (χ2v) is 4.32. The van der Waals surface area contributed by atoms with Gasteiger partial charge in [-0.2, -0.15) is 0 Å². The van der Waals surface area contributed by atoms with Crippen LogP contribution < -0.4 is 10.6 Å². The average Bonchev–Trinajstić information content (AvgIpc) is 2.36. The highest BCUT2D eigenvalue weighted by atomic mass is 32.2. The molecule has 0 radical (unpaired) electrons. The number of carboxylic acid groups (broad SMARTS) is 1. The van der Waals surface area contributed by atoms with Crippen molar-refractivity contribution in [1.82, 2.24) is 15.6 Å². The Hall–Kier alpha value is -2.09. The Kier molecular flexibility index (Phi) is 5.80. The van der Waals surface area contributed by atoms with E-state index < -0.39 is 17.9 Å². The lowest BCUT2D eigenvalue weighted by atomic mass is 10.3. The summed E-state index contributed by atoms with van der Waals surface area (Å²) in [5.74, 6) is -1.72. The second kappa shape index (κ2) is 7.37. The first kappa shape index (κ1) is 15.0. The number of aromatic carboxylic acids is 1. The lowest BCUT2D eigenvalue weighted by Gasteiger charge is -2.05. The van der Waals surface area contributed by atoms with Crippen LogP contribution in [0.5, 0.6) is 0 Å². The van der Waals surface area contributed by atoms with Crippen LogP contribution in [0.15, 0.2) is 23.4 Å². The fourth-order valence-corrected chi connectivity index (χ4v) is 1.96. The highest BCUT2D eigenvalue weighted by Gasteiger charge is 2.13. The van der Waals surface area contributed by atoms with Crippen molar-refractivity contribution in [2.24, 2.45) is 0 Å². The van der Waals surface area contributed by atoms with Gasteiger partial charge in [-0.25, -0.2) is 14.6 Å². The molecule has 1 aromatic heterocycles. The Morgan fingerprint density at radius 2 is 2.16 bits per heavy atom. The summed E-state index contributed by atoms with van der Waals surface area (Å²) in [5, 5.41) is 13.7. The maximum atomic E-state index is 11.4. The van der Waals surface area contributed by atoms with Crippen molar-refractivity contribution in [3.05, 3.63) is 23.9 Å². The number of pyridine rings is 1. The maximum absolute atomic E-state index is 11.4. The molecule has 0 unspecified atom stereocenters.